The van der Waals surface area contributed by atoms with Crippen LogP contribution in [-0.2, 0) is 6.54 Å². The van der Waals surface area contributed by atoms with Gasteiger partial charge in [0.05, 0.1) is 12.6 Å². The number of hydrogen-bond acceptors (Lipinski definition) is 3. The molecule has 1 N–H and O–H groups in total. The average molecular weight is 291 g/mol. The third kappa shape index (κ3) is 2.73. The predicted molar refractivity (Wildman–Crippen MR) is 82.7 cm³/mol. The molecule has 1 fully saturated rings. The number of imidazole rings is 1. The predicted octanol–water partition coefficient (Wildman–Crippen LogP) is 4.07. The largest absolute Gasteiger partial charge is 0.481 e. The Morgan fingerprint density at radius 1 is 1.35 bits per heavy atom. The minimum atomic E-state index is 0.637. The van der Waals surface area contributed by atoms with Gasteiger partial charge in [0, 0.05) is 12.6 Å². The van der Waals surface area contributed by atoms with Crippen molar-refractivity contribution < 1.29 is 4.74 Å². The molecule has 4 nitrogen and oxygen atoms in total. The van der Waals surface area contributed by atoms with Gasteiger partial charge in [0.2, 0.25) is 5.88 Å². The molecule has 0 atom stereocenters. The summed E-state index contributed by atoms with van der Waals surface area (Å²) in [6.45, 7) is 0.948. The van der Waals surface area contributed by atoms with Gasteiger partial charge in [-0.05, 0) is 30.6 Å². The van der Waals surface area contributed by atoms with Gasteiger partial charge in [-0.15, -0.1) is 0 Å². The maximum atomic E-state index is 5.43. The van der Waals surface area contributed by atoms with Gasteiger partial charge in [-0.25, -0.2) is 0 Å². The van der Waals surface area contributed by atoms with Crippen LogP contribution in [0.1, 0.15) is 38.5 Å². The maximum absolute atomic E-state index is 5.43. The normalized spacial score (nSPS) is 16.6. The number of nitrogens with one attached hydrogen (secondary N) is 1. The Morgan fingerprint density at radius 2 is 2.15 bits per heavy atom. The molecule has 20 heavy (non-hydrogen) atoms. The lowest BCUT2D eigenvalue weighted by Gasteiger charge is -2.21. The van der Waals surface area contributed by atoms with Gasteiger partial charge in [0.15, 0.2) is 10.4 Å². The molecular weight excluding hydrogens is 270 g/mol. The molecule has 2 aromatic heterocycles. The lowest BCUT2D eigenvalue weighted by atomic mass is 9.87. The van der Waals surface area contributed by atoms with Crippen LogP contribution in [0, 0.1) is 10.7 Å². The molecule has 1 saturated carbocycles. The third-order valence-corrected chi connectivity index (χ3v) is 4.61. The van der Waals surface area contributed by atoms with Crippen molar-refractivity contribution in [3.8, 4) is 5.88 Å². The van der Waals surface area contributed by atoms with E-state index in [1.54, 1.807) is 7.11 Å². The zero-order valence-corrected chi connectivity index (χ0v) is 12.7. The molecular formula is C15H21N3OS. The fourth-order valence-corrected chi connectivity index (χ4v) is 3.41. The van der Waals surface area contributed by atoms with Gasteiger partial charge in [-0.1, -0.05) is 32.1 Å². The molecule has 1 aliphatic carbocycles. The first-order chi connectivity index (χ1) is 9.78. The van der Waals surface area contributed by atoms with Crippen LogP contribution in [0.2, 0.25) is 0 Å². The Morgan fingerprint density at radius 3 is 2.90 bits per heavy atom. The Bertz CT molecular complexity index is 640. The molecule has 1 aliphatic rings. The van der Waals surface area contributed by atoms with E-state index in [1.807, 2.05) is 12.1 Å². The first-order valence-electron chi connectivity index (χ1n) is 7.41. The number of aryl methyl sites for hydroxylation is 1. The van der Waals surface area contributed by atoms with Crippen LogP contribution in [0.3, 0.4) is 0 Å². The molecule has 0 radical (unpaired) electrons. The number of H-pyrrole nitrogens is 1. The lowest BCUT2D eigenvalue weighted by Crippen LogP contribution is -2.10. The first-order valence-corrected chi connectivity index (χ1v) is 7.82. The molecule has 5 heteroatoms. The van der Waals surface area contributed by atoms with Gasteiger partial charge in [-0.3, -0.25) is 0 Å². The van der Waals surface area contributed by atoms with Gasteiger partial charge in [0.1, 0.15) is 0 Å². The second-order valence-corrected chi connectivity index (χ2v) is 5.99. The second-order valence-electron chi connectivity index (χ2n) is 5.60. The molecule has 0 bridgehead atoms. The van der Waals surface area contributed by atoms with E-state index < -0.39 is 0 Å². The number of methoxy groups -OCH3 is 1. The molecule has 108 valence electrons. The first kappa shape index (κ1) is 13.6. The highest BCUT2D eigenvalue weighted by Crippen LogP contribution is 2.27. The Labute approximate surface area is 124 Å². The van der Waals surface area contributed by atoms with Crippen LogP contribution in [-0.4, -0.2) is 21.6 Å². The minimum absolute atomic E-state index is 0.637. The third-order valence-electron chi connectivity index (χ3n) is 4.29. The van der Waals surface area contributed by atoms with E-state index in [1.165, 1.54) is 38.5 Å². The van der Waals surface area contributed by atoms with Crippen molar-refractivity contribution in [1.82, 2.24) is 14.5 Å². The number of rotatable bonds is 4. The summed E-state index contributed by atoms with van der Waals surface area (Å²) in [6, 6.07) is 3.84. The number of hydrogen-bond donors (Lipinski definition) is 1. The van der Waals surface area contributed by atoms with E-state index in [0.717, 1.165) is 28.4 Å². The van der Waals surface area contributed by atoms with Crippen molar-refractivity contribution >= 4 is 23.4 Å². The molecule has 3 rings (SSSR count). The highest BCUT2D eigenvalue weighted by Gasteiger charge is 2.14. The van der Waals surface area contributed by atoms with Crippen LogP contribution in [0.15, 0.2) is 12.1 Å². The molecule has 0 amide bonds. The quantitative estimate of drug-likeness (QED) is 0.863. The van der Waals surface area contributed by atoms with Crippen LogP contribution in [0.4, 0.5) is 0 Å². The lowest BCUT2D eigenvalue weighted by molar-refractivity contribution is 0.324. The fraction of sp³-hybridized carbons (Fsp3) is 0.600. The number of fused-ring (bicyclic) bond motifs is 1. The molecule has 0 spiro atoms. The smallest absolute Gasteiger partial charge is 0.215 e. The minimum Gasteiger partial charge on any atom is -0.481 e. The second kappa shape index (κ2) is 5.95. The van der Waals surface area contributed by atoms with E-state index in [2.05, 4.69) is 14.5 Å². The molecule has 0 unspecified atom stereocenters. The Balaban J connectivity index is 1.82. The van der Waals surface area contributed by atoms with Crippen molar-refractivity contribution in [3.63, 3.8) is 0 Å². The SMILES string of the molecule is COc1ccc2[nH]c(=S)n(CCC3CCCCC3)c2n1. The summed E-state index contributed by atoms with van der Waals surface area (Å²) in [6.07, 6.45) is 8.10. The van der Waals surface area contributed by atoms with E-state index in [0.29, 0.717) is 5.88 Å². The molecule has 0 aromatic carbocycles. The summed E-state index contributed by atoms with van der Waals surface area (Å²) in [5.74, 6) is 1.49. The number of aromatic nitrogens is 3. The Kier molecular flexibility index (Phi) is 4.05. The summed E-state index contributed by atoms with van der Waals surface area (Å²) in [7, 11) is 1.64. The van der Waals surface area contributed by atoms with E-state index in [4.69, 9.17) is 17.0 Å². The van der Waals surface area contributed by atoms with E-state index >= 15 is 0 Å². The van der Waals surface area contributed by atoms with Crippen LogP contribution >= 0.6 is 12.2 Å². The van der Waals surface area contributed by atoms with E-state index in [9.17, 15) is 0 Å². The summed E-state index contributed by atoms with van der Waals surface area (Å²) in [5.41, 5.74) is 1.89. The average Bonchev–Trinajstić information content (AvgIpc) is 2.80. The number of aromatic amines is 1. The topological polar surface area (TPSA) is 42.8 Å². The fourth-order valence-electron chi connectivity index (χ4n) is 3.12. The van der Waals surface area contributed by atoms with Crippen molar-refractivity contribution in [2.45, 2.75) is 45.1 Å². The van der Waals surface area contributed by atoms with Crippen molar-refractivity contribution in [2.24, 2.45) is 5.92 Å². The zero-order valence-electron chi connectivity index (χ0n) is 11.9. The number of nitrogens with zero attached hydrogens (tertiary/aromatic N) is 2. The summed E-state index contributed by atoms with van der Waals surface area (Å²) >= 11 is 5.43. The van der Waals surface area contributed by atoms with Crippen LogP contribution in [0.25, 0.3) is 11.2 Å². The molecule has 0 saturated heterocycles. The molecule has 2 heterocycles. The van der Waals surface area contributed by atoms with Crippen molar-refractivity contribution in [2.75, 3.05) is 7.11 Å². The monoisotopic (exact) mass is 291 g/mol. The highest BCUT2D eigenvalue weighted by atomic mass is 32.1. The van der Waals surface area contributed by atoms with Gasteiger partial charge in [-0.2, -0.15) is 4.98 Å². The maximum Gasteiger partial charge on any atom is 0.215 e. The van der Waals surface area contributed by atoms with Gasteiger partial charge < -0.3 is 14.3 Å². The molecule has 2 aromatic rings. The van der Waals surface area contributed by atoms with Crippen LogP contribution < -0.4 is 4.74 Å². The zero-order chi connectivity index (χ0) is 13.9. The standard InChI is InChI=1S/C15H21N3OS/c1-19-13-8-7-12-14(17-13)18(15(20)16-12)10-9-11-5-3-2-4-6-11/h7-8,11H,2-6,9-10H2,1H3,(H,16,20). The highest BCUT2D eigenvalue weighted by molar-refractivity contribution is 7.71. The van der Waals surface area contributed by atoms with Gasteiger partial charge >= 0.3 is 0 Å². The van der Waals surface area contributed by atoms with Gasteiger partial charge in [0.25, 0.3) is 0 Å². The summed E-state index contributed by atoms with van der Waals surface area (Å²) in [4.78, 5) is 7.75. The Hall–Kier alpha value is -1.36. The number of ether oxygens (including phenoxy) is 1. The summed E-state index contributed by atoms with van der Waals surface area (Å²) < 4.78 is 8.08. The van der Waals surface area contributed by atoms with Crippen molar-refractivity contribution in [3.05, 3.63) is 16.9 Å². The summed E-state index contributed by atoms with van der Waals surface area (Å²) in [5, 5.41) is 0. The van der Waals surface area contributed by atoms with Crippen LogP contribution in [0.5, 0.6) is 5.88 Å². The van der Waals surface area contributed by atoms with Crippen molar-refractivity contribution in [1.29, 1.82) is 0 Å². The number of pyridine rings is 1. The molecule has 0 aliphatic heterocycles. The van der Waals surface area contributed by atoms with E-state index in [-0.39, 0.29) is 0 Å².